The summed E-state index contributed by atoms with van der Waals surface area (Å²) >= 11 is 0. The summed E-state index contributed by atoms with van der Waals surface area (Å²) in [5.41, 5.74) is 0. The highest BCUT2D eigenvalue weighted by Crippen LogP contribution is 2.39. The first-order valence-electron chi connectivity index (χ1n) is 35.5. The third-order valence-corrected chi connectivity index (χ3v) is 18.2. The first kappa shape index (κ1) is 82.7. The summed E-state index contributed by atoms with van der Waals surface area (Å²) in [7, 11) is 0. The van der Waals surface area contributed by atoms with Crippen molar-refractivity contribution < 1.29 is 104 Å². The summed E-state index contributed by atoms with van der Waals surface area (Å²) in [5.74, 6) is -6.10. The Morgan fingerprint density at radius 1 is 0.560 bits per heavy atom. The second kappa shape index (κ2) is 49.1. The zero-order valence-corrected chi connectivity index (χ0v) is 55.7. The number of aliphatic carboxylic acids is 1. The SMILES string of the molecule is CCCCCCCCCCCCCC/C=C\CCCCCCCCCCCCCC(=O)NC(COC1OC(CO)C(OC2OC(CO)C(O)C(OC3(C(=O)O)CC(O)C(NC(C)=O)C(C(O)C(O)CO)O3)C2O)C(O)C1O)C(O)CCCCCCCCCCCC. The van der Waals surface area contributed by atoms with E-state index in [1.165, 1.54) is 161 Å². The normalized spacial score (nSPS) is 28.4. The number of carbonyl (C=O) groups is 3. The Kier molecular flexibility index (Phi) is 44.6. The molecule has 0 aromatic heterocycles. The highest BCUT2D eigenvalue weighted by atomic mass is 16.8. The van der Waals surface area contributed by atoms with Crippen LogP contribution in [0.15, 0.2) is 12.2 Å². The maximum atomic E-state index is 13.4. The predicted molar refractivity (Wildman–Crippen MR) is 343 cm³/mol. The van der Waals surface area contributed by atoms with Crippen molar-refractivity contribution in [3.63, 3.8) is 0 Å². The topological polar surface area (TPSA) is 373 Å². The summed E-state index contributed by atoms with van der Waals surface area (Å²) < 4.78 is 34.8. The molecule has 14 N–H and O–H groups in total. The van der Waals surface area contributed by atoms with Crippen LogP contribution < -0.4 is 10.6 Å². The molecule has 18 atom stereocenters. The van der Waals surface area contributed by atoms with Crippen LogP contribution in [0.25, 0.3) is 0 Å². The third kappa shape index (κ3) is 31.5. The van der Waals surface area contributed by atoms with Gasteiger partial charge in [-0.25, -0.2) is 4.79 Å². The quantitative estimate of drug-likeness (QED) is 0.0223. The van der Waals surface area contributed by atoms with Gasteiger partial charge in [0.25, 0.3) is 5.79 Å². The molecular weight excluding hydrogens is 1180 g/mol. The molecule has 0 aliphatic carbocycles. The lowest BCUT2D eigenvalue weighted by Gasteiger charge is -2.50. The number of carboxylic acid groups (broad SMARTS) is 1. The van der Waals surface area contributed by atoms with Crippen LogP contribution in [-0.4, -0.2) is 215 Å². The number of aliphatic hydroxyl groups is 11. The van der Waals surface area contributed by atoms with Crippen LogP contribution in [0.4, 0.5) is 0 Å². The van der Waals surface area contributed by atoms with Crippen molar-refractivity contribution in [2.75, 3.05) is 26.4 Å². The van der Waals surface area contributed by atoms with Crippen molar-refractivity contribution in [1.29, 1.82) is 0 Å². The molecular formula is C68H126N2O21. The van der Waals surface area contributed by atoms with Gasteiger partial charge in [-0.1, -0.05) is 219 Å². The highest BCUT2D eigenvalue weighted by Gasteiger charge is 2.60. The van der Waals surface area contributed by atoms with Gasteiger partial charge in [-0.05, 0) is 38.5 Å². The molecule has 0 aromatic carbocycles. The van der Waals surface area contributed by atoms with Crippen LogP contribution in [0.5, 0.6) is 0 Å². The largest absolute Gasteiger partial charge is 0.477 e. The fourth-order valence-corrected chi connectivity index (χ4v) is 12.5. The minimum absolute atomic E-state index is 0.224. The molecule has 23 heteroatoms. The van der Waals surface area contributed by atoms with Gasteiger partial charge in [-0.15, -0.1) is 0 Å². The van der Waals surface area contributed by atoms with Crippen LogP contribution in [0.3, 0.4) is 0 Å². The second-order valence-electron chi connectivity index (χ2n) is 26.1. The number of aliphatic hydroxyl groups excluding tert-OH is 11. The van der Waals surface area contributed by atoms with Crippen LogP contribution >= 0.6 is 0 Å². The number of hydrogen-bond acceptors (Lipinski definition) is 20. The molecule has 0 saturated carbocycles. The van der Waals surface area contributed by atoms with E-state index in [4.69, 9.17) is 28.4 Å². The first-order chi connectivity index (χ1) is 43.9. The highest BCUT2D eigenvalue weighted by molar-refractivity contribution is 5.77. The van der Waals surface area contributed by atoms with Gasteiger partial charge < -0.3 is 100 Å². The molecule has 3 aliphatic heterocycles. The van der Waals surface area contributed by atoms with Gasteiger partial charge in [0, 0.05) is 19.8 Å². The summed E-state index contributed by atoms with van der Waals surface area (Å²) in [6, 6.07) is -2.53. The number of hydrogen-bond donors (Lipinski definition) is 14. The van der Waals surface area contributed by atoms with E-state index in [0.29, 0.717) is 19.3 Å². The van der Waals surface area contributed by atoms with Crippen LogP contribution in [0, 0.1) is 0 Å². The van der Waals surface area contributed by atoms with Crippen molar-refractivity contribution in [3.05, 3.63) is 12.2 Å². The average Bonchev–Trinajstić information content (AvgIpc) is 0.776. The molecule has 0 bridgehead atoms. The van der Waals surface area contributed by atoms with Crippen molar-refractivity contribution in [1.82, 2.24) is 10.6 Å². The summed E-state index contributed by atoms with van der Waals surface area (Å²) in [6.07, 6.45) is 18.2. The number of allylic oxidation sites excluding steroid dienone is 2. The molecule has 3 saturated heterocycles. The Labute approximate surface area is 543 Å². The van der Waals surface area contributed by atoms with E-state index >= 15 is 0 Å². The lowest BCUT2D eigenvalue weighted by molar-refractivity contribution is -0.386. The molecule has 18 unspecified atom stereocenters. The van der Waals surface area contributed by atoms with Gasteiger partial charge in [0.1, 0.15) is 67.1 Å². The van der Waals surface area contributed by atoms with Crippen LogP contribution in [0.1, 0.15) is 265 Å². The smallest absolute Gasteiger partial charge is 0.364 e. The maximum absolute atomic E-state index is 13.4. The van der Waals surface area contributed by atoms with E-state index < -0.39 is 148 Å². The fraction of sp³-hybridized carbons (Fsp3) is 0.926. The first-order valence-corrected chi connectivity index (χ1v) is 35.5. The second-order valence-corrected chi connectivity index (χ2v) is 26.1. The minimum Gasteiger partial charge on any atom is -0.477 e. The Balaban J connectivity index is 1.51. The predicted octanol–water partition coefficient (Wildman–Crippen LogP) is 6.68. The monoisotopic (exact) mass is 1310 g/mol. The van der Waals surface area contributed by atoms with Gasteiger partial charge in [-0.3, -0.25) is 9.59 Å². The van der Waals surface area contributed by atoms with E-state index in [1.54, 1.807) is 0 Å². The Morgan fingerprint density at radius 2 is 1.02 bits per heavy atom. The van der Waals surface area contributed by atoms with Crippen LogP contribution in [-0.2, 0) is 42.8 Å². The summed E-state index contributed by atoms with van der Waals surface area (Å²) in [6.45, 7) is 2.18. The van der Waals surface area contributed by atoms with E-state index in [9.17, 15) is 75.7 Å². The average molecular weight is 1310 g/mol. The van der Waals surface area contributed by atoms with Gasteiger partial charge in [0.05, 0.1) is 50.7 Å². The minimum atomic E-state index is -3.08. The number of amides is 2. The fourth-order valence-electron chi connectivity index (χ4n) is 12.5. The van der Waals surface area contributed by atoms with Crippen molar-refractivity contribution in [2.24, 2.45) is 0 Å². The molecule has 0 aromatic rings. The number of carboxylic acids is 1. The van der Waals surface area contributed by atoms with Crippen LogP contribution in [0.2, 0.25) is 0 Å². The molecule has 534 valence electrons. The van der Waals surface area contributed by atoms with E-state index in [2.05, 4.69) is 36.6 Å². The third-order valence-electron chi connectivity index (χ3n) is 18.2. The van der Waals surface area contributed by atoms with Gasteiger partial charge in [0.2, 0.25) is 11.8 Å². The summed E-state index contributed by atoms with van der Waals surface area (Å²) in [5, 5.41) is 136. The van der Waals surface area contributed by atoms with E-state index in [-0.39, 0.29) is 18.9 Å². The lowest BCUT2D eigenvalue weighted by atomic mass is 9.88. The maximum Gasteiger partial charge on any atom is 0.364 e. The number of rotatable bonds is 54. The molecule has 3 heterocycles. The van der Waals surface area contributed by atoms with Crippen molar-refractivity contribution >= 4 is 17.8 Å². The molecule has 0 radical (unpaired) electrons. The van der Waals surface area contributed by atoms with Crippen molar-refractivity contribution in [2.45, 2.75) is 375 Å². The molecule has 3 fully saturated rings. The number of nitrogens with one attached hydrogen (secondary N) is 2. The molecule has 2 amide bonds. The summed E-state index contributed by atoms with van der Waals surface area (Å²) in [4.78, 5) is 38.5. The van der Waals surface area contributed by atoms with E-state index in [1.807, 2.05) is 0 Å². The molecule has 23 nitrogen and oxygen atoms in total. The number of ether oxygens (including phenoxy) is 6. The lowest BCUT2D eigenvalue weighted by Crippen LogP contribution is -2.70. The van der Waals surface area contributed by atoms with Gasteiger partial charge >= 0.3 is 5.97 Å². The Morgan fingerprint density at radius 3 is 1.48 bits per heavy atom. The number of carbonyl (C=O) groups excluding carboxylic acids is 2. The van der Waals surface area contributed by atoms with Gasteiger partial charge in [-0.2, -0.15) is 0 Å². The molecule has 91 heavy (non-hydrogen) atoms. The standard InChI is InChI=1S/C68H126N2O21/c1-4-6-8-10-12-14-16-17-18-19-20-21-22-23-24-25-26-27-28-29-30-31-32-34-36-38-40-42-55(78)70-49(50(75)41-39-37-35-33-15-13-11-9-7-5-2)47-86-65-60(82)59(81)62(54(46-73)88-65)89-66-61(83)64(58(80)53(45-72)87-66)91-68(67(84)85)43-51(76)56(69-48(3)74)63(90-68)57(79)52(77)44-71/h23-24,49-54,56-66,71-73,75-77,79-83H,4-22,25-47H2,1-3H3,(H,69,74)(H,70,78)(H,84,85)/b24-23-. The number of unbranched alkanes of at least 4 members (excludes halogenated alkanes) is 32. The molecule has 0 spiro atoms. The van der Waals surface area contributed by atoms with E-state index in [0.717, 1.165) is 58.3 Å². The van der Waals surface area contributed by atoms with Gasteiger partial charge in [0.15, 0.2) is 12.6 Å². The Hall–Kier alpha value is -2.53. The Bertz CT molecular complexity index is 1890. The molecule has 3 rings (SSSR count). The zero-order chi connectivity index (χ0) is 66.8. The zero-order valence-electron chi connectivity index (χ0n) is 55.7. The van der Waals surface area contributed by atoms with Crippen molar-refractivity contribution in [3.8, 4) is 0 Å². The molecule has 3 aliphatic rings.